The van der Waals surface area contributed by atoms with E-state index in [4.69, 9.17) is 10.8 Å². The van der Waals surface area contributed by atoms with Gasteiger partial charge in [-0.15, -0.1) is 0 Å². The van der Waals surface area contributed by atoms with Gasteiger partial charge in [-0.1, -0.05) is 20.3 Å². The van der Waals surface area contributed by atoms with Crippen molar-refractivity contribution >= 4 is 5.97 Å². The zero-order valence-electron chi connectivity index (χ0n) is 9.24. The number of carboxylic acids is 1. The van der Waals surface area contributed by atoms with Crippen molar-refractivity contribution in [3.63, 3.8) is 0 Å². The Hall–Kier alpha value is -0.610. The van der Waals surface area contributed by atoms with Gasteiger partial charge in [0, 0.05) is 0 Å². The molecule has 0 aliphatic rings. The molecule has 13 heavy (non-hydrogen) atoms. The molecule has 3 N–H and O–H groups in total. The Balaban J connectivity index is 0. The first kappa shape index (κ1) is 14.9. The molecule has 4 heteroatoms. The fourth-order valence-electron chi connectivity index (χ4n) is 0.497. The van der Waals surface area contributed by atoms with Crippen molar-refractivity contribution in [2.45, 2.75) is 26.3 Å². The molecule has 0 heterocycles. The maximum atomic E-state index is 10.2. The molecule has 0 aliphatic carbocycles. The number of rotatable bonds is 3. The summed E-state index contributed by atoms with van der Waals surface area (Å²) in [4.78, 5) is 12.2. The molecule has 2 atom stereocenters. The average molecular weight is 190 g/mol. The second-order valence-electron chi connectivity index (χ2n) is 3.59. The molecule has 0 aromatic carbocycles. The van der Waals surface area contributed by atoms with Gasteiger partial charge in [0.1, 0.15) is 6.04 Å². The highest BCUT2D eigenvalue weighted by molar-refractivity contribution is 5.73. The smallest absolute Gasteiger partial charge is 0.320 e. The largest absolute Gasteiger partial charge is 0.480 e. The van der Waals surface area contributed by atoms with Crippen LogP contribution in [0.25, 0.3) is 0 Å². The number of carbonyl (C=O) groups is 1. The van der Waals surface area contributed by atoms with Crippen LogP contribution in [-0.4, -0.2) is 43.2 Å². The Bertz CT molecular complexity index is 135. The summed E-state index contributed by atoms with van der Waals surface area (Å²) in [6.45, 7) is 3.76. The van der Waals surface area contributed by atoms with Gasteiger partial charge in [-0.25, -0.2) is 0 Å². The monoisotopic (exact) mass is 190 g/mol. The third-order valence-corrected chi connectivity index (χ3v) is 1.54. The first-order valence-electron chi connectivity index (χ1n) is 4.42. The van der Waals surface area contributed by atoms with E-state index in [1.54, 1.807) is 0 Å². The predicted molar refractivity (Wildman–Crippen MR) is 54.7 cm³/mol. The number of aliphatic carboxylic acids is 1. The van der Waals surface area contributed by atoms with E-state index in [0.29, 0.717) is 0 Å². The molecule has 0 fully saturated rings. The maximum Gasteiger partial charge on any atom is 0.320 e. The summed E-state index contributed by atoms with van der Waals surface area (Å²) >= 11 is 0. The average Bonchev–Trinajstić information content (AvgIpc) is 2.00. The van der Waals surface area contributed by atoms with E-state index in [2.05, 4.69) is 0 Å². The van der Waals surface area contributed by atoms with Crippen molar-refractivity contribution < 1.29 is 9.90 Å². The lowest BCUT2D eigenvalue weighted by molar-refractivity contribution is -0.139. The fraction of sp³-hybridized carbons (Fsp3) is 0.889. The second-order valence-corrected chi connectivity index (χ2v) is 3.59. The lowest BCUT2D eigenvalue weighted by atomic mass is 10.0. The summed E-state index contributed by atoms with van der Waals surface area (Å²) in [5.74, 6) is -0.841. The number of nitrogens with two attached hydrogens (primary N) is 1. The van der Waals surface area contributed by atoms with Gasteiger partial charge < -0.3 is 15.7 Å². The first-order chi connectivity index (χ1) is 5.82. The molecule has 0 saturated carbocycles. The number of nitrogens with zero attached hydrogens (tertiary/aromatic N) is 1. The van der Waals surface area contributed by atoms with E-state index < -0.39 is 12.0 Å². The van der Waals surface area contributed by atoms with Gasteiger partial charge in [-0.05, 0) is 27.1 Å². The normalized spacial score (nSPS) is 14.4. The van der Waals surface area contributed by atoms with Gasteiger partial charge in [0.25, 0.3) is 0 Å². The Kier molecular flexibility index (Phi) is 9.17. The molecule has 0 aliphatic heterocycles. The minimum absolute atomic E-state index is 0.0718. The molecule has 0 saturated heterocycles. The Morgan fingerprint density at radius 2 is 1.77 bits per heavy atom. The minimum atomic E-state index is -0.913. The molecule has 0 radical (unpaired) electrons. The highest BCUT2D eigenvalue weighted by Gasteiger charge is 2.17. The van der Waals surface area contributed by atoms with E-state index in [-0.39, 0.29) is 5.92 Å². The van der Waals surface area contributed by atoms with Gasteiger partial charge >= 0.3 is 5.97 Å². The van der Waals surface area contributed by atoms with Crippen LogP contribution in [0.3, 0.4) is 0 Å². The van der Waals surface area contributed by atoms with E-state index >= 15 is 0 Å². The van der Waals surface area contributed by atoms with E-state index in [1.165, 1.54) is 0 Å². The van der Waals surface area contributed by atoms with Crippen LogP contribution < -0.4 is 5.73 Å². The summed E-state index contributed by atoms with van der Waals surface area (Å²) in [5, 5.41) is 8.36. The van der Waals surface area contributed by atoms with Crippen LogP contribution in [0, 0.1) is 5.92 Å². The minimum Gasteiger partial charge on any atom is -0.480 e. The molecule has 0 aromatic rings. The summed E-state index contributed by atoms with van der Waals surface area (Å²) in [7, 11) is 6.00. The highest BCUT2D eigenvalue weighted by atomic mass is 16.4. The standard InChI is InChI=1S/C6H13NO2.C3H9N/c1-3-4(2)5(7)6(8)9;1-4(2)3/h4-5H,3,7H2,1-2H3,(H,8,9);1-3H3. The van der Waals surface area contributed by atoms with E-state index in [9.17, 15) is 4.79 Å². The van der Waals surface area contributed by atoms with Crippen LogP contribution in [0.15, 0.2) is 0 Å². The van der Waals surface area contributed by atoms with Crippen molar-refractivity contribution in [2.24, 2.45) is 11.7 Å². The zero-order chi connectivity index (χ0) is 11.0. The SMILES string of the molecule is CCC(C)C(N)C(=O)O.CN(C)C. The van der Waals surface area contributed by atoms with Gasteiger partial charge in [0.2, 0.25) is 0 Å². The van der Waals surface area contributed by atoms with Crippen molar-refractivity contribution in [1.82, 2.24) is 4.90 Å². The van der Waals surface area contributed by atoms with Crippen LogP contribution in [0.4, 0.5) is 0 Å². The van der Waals surface area contributed by atoms with Gasteiger partial charge in [-0.2, -0.15) is 0 Å². The first-order valence-corrected chi connectivity index (χ1v) is 4.42. The molecular formula is C9H22N2O2. The number of carboxylic acid groups (broad SMARTS) is 1. The van der Waals surface area contributed by atoms with Crippen molar-refractivity contribution in [2.75, 3.05) is 21.1 Å². The fourth-order valence-corrected chi connectivity index (χ4v) is 0.497. The van der Waals surface area contributed by atoms with Crippen molar-refractivity contribution in [3.8, 4) is 0 Å². The Morgan fingerprint density at radius 3 is 1.85 bits per heavy atom. The molecule has 4 nitrogen and oxygen atoms in total. The van der Waals surface area contributed by atoms with Crippen molar-refractivity contribution in [1.29, 1.82) is 0 Å². The zero-order valence-corrected chi connectivity index (χ0v) is 9.24. The molecule has 0 spiro atoms. The third kappa shape index (κ3) is 11.4. The summed E-state index contributed by atoms with van der Waals surface area (Å²) in [6.07, 6.45) is 0.813. The second kappa shape index (κ2) is 8.01. The topological polar surface area (TPSA) is 66.6 Å². The number of hydrogen-bond acceptors (Lipinski definition) is 3. The van der Waals surface area contributed by atoms with E-state index in [0.717, 1.165) is 6.42 Å². The van der Waals surface area contributed by atoms with Gasteiger partial charge in [-0.3, -0.25) is 4.79 Å². The molecule has 0 amide bonds. The van der Waals surface area contributed by atoms with Crippen molar-refractivity contribution in [3.05, 3.63) is 0 Å². The predicted octanol–water partition coefficient (Wildman–Crippen LogP) is 0.622. The number of hydrogen-bond donors (Lipinski definition) is 2. The van der Waals surface area contributed by atoms with Gasteiger partial charge in [0.05, 0.1) is 0 Å². The summed E-state index contributed by atoms with van der Waals surface area (Å²) < 4.78 is 0. The van der Waals surface area contributed by atoms with Gasteiger partial charge in [0.15, 0.2) is 0 Å². The van der Waals surface area contributed by atoms with Crippen LogP contribution in [0.5, 0.6) is 0 Å². The molecule has 80 valence electrons. The molecular weight excluding hydrogens is 168 g/mol. The van der Waals surface area contributed by atoms with Crippen LogP contribution >= 0.6 is 0 Å². The van der Waals surface area contributed by atoms with Crippen LogP contribution in [0.1, 0.15) is 20.3 Å². The molecule has 0 rings (SSSR count). The molecule has 2 unspecified atom stereocenters. The highest BCUT2D eigenvalue weighted by Crippen LogP contribution is 2.04. The lowest BCUT2D eigenvalue weighted by Crippen LogP contribution is -2.36. The van der Waals surface area contributed by atoms with Crippen LogP contribution in [-0.2, 0) is 4.79 Å². The Morgan fingerprint density at radius 1 is 1.46 bits per heavy atom. The summed E-state index contributed by atoms with van der Waals surface area (Å²) in [5.41, 5.74) is 5.27. The van der Waals surface area contributed by atoms with Crippen LogP contribution in [0.2, 0.25) is 0 Å². The summed E-state index contributed by atoms with van der Waals surface area (Å²) in [6, 6.07) is -0.699. The molecule has 0 bridgehead atoms. The lowest BCUT2D eigenvalue weighted by Gasteiger charge is -2.11. The van der Waals surface area contributed by atoms with E-state index in [1.807, 2.05) is 39.9 Å². The molecule has 0 aromatic heterocycles. The third-order valence-electron chi connectivity index (χ3n) is 1.54. The quantitative estimate of drug-likeness (QED) is 0.684. The Labute approximate surface area is 80.7 Å². The maximum absolute atomic E-state index is 10.2.